The summed E-state index contributed by atoms with van der Waals surface area (Å²) in [5, 5.41) is 7.38. The Morgan fingerprint density at radius 3 is 2.62 bits per heavy atom. The quantitative estimate of drug-likeness (QED) is 0.619. The molecule has 4 amide bonds. The van der Waals surface area contributed by atoms with Crippen molar-refractivity contribution in [1.29, 1.82) is 0 Å². The molecular weight excluding hydrogens is 410 g/mol. The van der Waals surface area contributed by atoms with Gasteiger partial charge in [0.15, 0.2) is 11.5 Å². The Morgan fingerprint density at radius 1 is 1.03 bits per heavy atom. The van der Waals surface area contributed by atoms with Gasteiger partial charge in [-0.3, -0.25) is 14.5 Å². The number of hydrogen-bond acceptors (Lipinski definition) is 5. The van der Waals surface area contributed by atoms with Crippen molar-refractivity contribution in [3.8, 4) is 11.5 Å². The molecule has 8 heteroatoms. The van der Waals surface area contributed by atoms with Crippen molar-refractivity contribution in [1.82, 2.24) is 10.2 Å². The number of anilines is 1. The largest absolute Gasteiger partial charge is 0.486 e. The third-order valence-corrected chi connectivity index (χ3v) is 5.76. The number of carbonyl (C=O) groups excluding carboxylic acids is 3. The molecule has 32 heavy (non-hydrogen) atoms. The van der Waals surface area contributed by atoms with Crippen molar-refractivity contribution in [3.05, 3.63) is 66.2 Å². The van der Waals surface area contributed by atoms with Crippen LogP contribution in [0.15, 0.2) is 60.7 Å². The molecule has 2 heterocycles. The van der Waals surface area contributed by atoms with Gasteiger partial charge in [-0.1, -0.05) is 42.5 Å². The highest BCUT2D eigenvalue weighted by Gasteiger charge is 2.49. The standard InChI is InChI=1S/C24H21N3O5/c1-24(16-9-10-19-20(13-16)32-12-11-31-19)22(29)27(23(30)26-24)14-21(28)25-18-8-4-6-15-5-2-3-7-17(15)18/h2-10,13H,11-12,14H2,1H3,(H,25,28)(H,26,30)/t24-/m1/s1. The van der Waals surface area contributed by atoms with Gasteiger partial charge in [-0.2, -0.15) is 0 Å². The fourth-order valence-electron chi connectivity index (χ4n) is 4.06. The normalized spacial score (nSPS) is 19.7. The van der Waals surface area contributed by atoms with E-state index in [9.17, 15) is 14.4 Å². The first-order valence-corrected chi connectivity index (χ1v) is 10.3. The Kier molecular flexibility index (Phi) is 4.70. The molecule has 0 spiro atoms. The number of fused-ring (bicyclic) bond motifs is 2. The maximum Gasteiger partial charge on any atom is 0.325 e. The van der Waals surface area contributed by atoms with Crippen molar-refractivity contribution in [2.24, 2.45) is 0 Å². The molecule has 0 bridgehead atoms. The van der Waals surface area contributed by atoms with Gasteiger partial charge in [0, 0.05) is 11.1 Å². The van der Waals surface area contributed by atoms with Gasteiger partial charge in [0.2, 0.25) is 5.91 Å². The summed E-state index contributed by atoms with van der Waals surface area (Å²) in [5.74, 6) is 0.138. The van der Waals surface area contributed by atoms with E-state index in [0.717, 1.165) is 15.7 Å². The minimum atomic E-state index is -1.31. The van der Waals surface area contributed by atoms with Crippen LogP contribution in [0.25, 0.3) is 10.8 Å². The molecule has 2 aliphatic rings. The molecule has 8 nitrogen and oxygen atoms in total. The number of benzene rings is 3. The highest BCUT2D eigenvalue weighted by Crippen LogP contribution is 2.36. The van der Waals surface area contributed by atoms with Crippen molar-refractivity contribution in [2.45, 2.75) is 12.5 Å². The highest BCUT2D eigenvalue weighted by atomic mass is 16.6. The van der Waals surface area contributed by atoms with Gasteiger partial charge in [-0.15, -0.1) is 0 Å². The third kappa shape index (κ3) is 3.30. The van der Waals surface area contributed by atoms with Crippen LogP contribution in [0.5, 0.6) is 11.5 Å². The van der Waals surface area contributed by atoms with E-state index in [-0.39, 0.29) is 0 Å². The Bertz CT molecular complexity index is 1250. The van der Waals surface area contributed by atoms with Gasteiger partial charge >= 0.3 is 6.03 Å². The van der Waals surface area contributed by atoms with Crippen molar-refractivity contribution >= 4 is 34.3 Å². The number of urea groups is 1. The molecule has 1 saturated heterocycles. The van der Waals surface area contributed by atoms with Gasteiger partial charge in [-0.05, 0) is 36.1 Å². The maximum atomic E-state index is 13.2. The van der Waals surface area contributed by atoms with E-state index in [0.29, 0.717) is 36.0 Å². The molecule has 0 aliphatic carbocycles. The summed E-state index contributed by atoms with van der Waals surface area (Å²) >= 11 is 0. The molecule has 5 rings (SSSR count). The second kappa shape index (κ2) is 7.56. The first kappa shape index (κ1) is 19.9. The van der Waals surface area contributed by atoms with Crippen LogP contribution < -0.4 is 20.1 Å². The second-order valence-corrected chi connectivity index (χ2v) is 7.88. The average molecular weight is 431 g/mol. The third-order valence-electron chi connectivity index (χ3n) is 5.76. The molecule has 0 unspecified atom stereocenters. The summed E-state index contributed by atoms with van der Waals surface area (Å²) < 4.78 is 11.1. The fraction of sp³-hybridized carbons (Fsp3) is 0.208. The SMILES string of the molecule is C[C@]1(c2ccc3c(c2)OCCO3)NC(=O)N(CC(=O)Nc2cccc3ccccc23)C1=O. The summed E-state index contributed by atoms with van der Waals surface area (Å²) in [6.45, 7) is 2.09. The molecule has 3 aromatic rings. The minimum Gasteiger partial charge on any atom is -0.486 e. The zero-order chi connectivity index (χ0) is 22.3. The number of ether oxygens (including phenoxy) is 2. The van der Waals surface area contributed by atoms with Crippen LogP contribution >= 0.6 is 0 Å². The number of hydrogen-bond donors (Lipinski definition) is 2. The molecule has 1 atom stereocenters. The van der Waals surface area contributed by atoms with E-state index in [1.54, 1.807) is 31.2 Å². The zero-order valence-electron chi connectivity index (χ0n) is 17.4. The number of rotatable bonds is 4. The zero-order valence-corrected chi connectivity index (χ0v) is 17.4. The lowest BCUT2D eigenvalue weighted by molar-refractivity contribution is -0.133. The van der Waals surface area contributed by atoms with Gasteiger partial charge in [0.05, 0.1) is 0 Å². The number of nitrogens with zero attached hydrogens (tertiary/aromatic N) is 1. The van der Waals surface area contributed by atoms with E-state index >= 15 is 0 Å². The first-order chi connectivity index (χ1) is 15.5. The van der Waals surface area contributed by atoms with Crippen molar-refractivity contribution in [3.63, 3.8) is 0 Å². The number of carbonyl (C=O) groups is 3. The molecule has 3 aromatic carbocycles. The van der Waals surface area contributed by atoms with Crippen LogP contribution in [0.1, 0.15) is 12.5 Å². The van der Waals surface area contributed by atoms with Gasteiger partial charge in [0.25, 0.3) is 5.91 Å². The van der Waals surface area contributed by atoms with Crippen LogP contribution in [-0.2, 0) is 15.1 Å². The first-order valence-electron chi connectivity index (χ1n) is 10.3. The van der Waals surface area contributed by atoms with Crippen LogP contribution in [-0.4, -0.2) is 42.5 Å². The lowest BCUT2D eigenvalue weighted by atomic mass is 9.91. The van der Waals surface area contributed by atoms with Gasteiger partial charge < -0.3 is 20.1 Å². The van der Waals surface area contributed by atoms with E-state index in [1.807, 2.05) is 36.4 Å². The molecule has 1 fully saturated rings. The van der Waals surface area contributed by atoms with E-state index in [2.05, 4.69) is 10.6 Å². The molecule has 2 N–H and O–H groups in total. The number of amides is 4. The van der Waals surface area contributed by atoms with Gasteiger partial charge in [-0.25, -0.2) is 4.79 Å². The second-order valence-electron chi connectivity index (χ2n) is 7.88. The lowest BCUT2D eigenvalue weighted by Gasteiger charge is -2.25. The molecule has 162 valence electrons. The monoisotopic (exact) mass is 431 g/mol. The van der Waals surface area contributed by atoms with E-state index < -0.39 is 29.9 Å². The number of imide groups is 1. The summed E-state index contributed by atoms with van der Waals surface area (Å²) in [6, 6.07) is 17.7. The molecule has 0 saturated carbocycles. The average Bonchev–Trinajstić information content (AvgIpc) is 3.03. The van der Waals surface area contributed by atoms with E-state index in [4.69, 9.17) is 9.47 Å². The summed E-state index contributed by atoms with van der Waals surface area (Å²) in [4.78, 5) is 39.5. The summed E-state index contributed by atoms with van der Waals surface area (Å²) in [7, 11) is 0. The van der Waals surface area contributed by atoms with Crippen molar-refractivity contribution in [2.75, 3.05) is 25.1 Å². The topological polar surface area (TPSA) is 97.0 Å². The smallest absolute Gasteiger partial charge is 0.325 e. The predicted molar refractivity (Wildman–Crippen MR) is 118 cm³/mol. The summed E-state index contributed by atoms with van der Waals surface area (Å²) in [5.41, 5.74) is -0.140. The lowest BCUT2D eigenvalue weighted by Crippen LogP contribution is -2.42. The Hall–Kier alpha value is -4.07. The molecule has 0 aromatic heterocycles. The predicted octanol–water partition coefficient (Wildman–Crippen LogP) is 3.02. The Labute approximate surface area is 184 Å². The molecule has 0 radical (unpaired) electrons. The van der Waals surface area contributed by atoms with Gasteiger partial charge in [0.1, 0.15) is 25.3 Å². The van der Waals surface area contributed by atoms with Crippen LogP contribution in [0, 0.1) is 0 Å². The minimum absolute atomic E-state index is 0.395. The Morgan fingerprint density at radius 2 is 1.78 bits per heavy atom. The van der Waals surface area contributed by atoms with E-state index in [1.165, 1.54) is 0 Å². The number of nitrogens with one attached hydrogen (secondary N) is 2. The maximum absolute atomic E-state index is 13.2. The molecule has 2 aliphatic heterocycles. The fourth-order valence-corrected chi connectivity index (χ4v) is 4.06. The highest BCUT2D eigenvalue weighted by molar-refractivity contribution is 6.11. The van der Waals surface area contributed by atoms with Crippen LogP contribution in [0.3, 0.4) is 0 Å². The van der Waals surface area contributed by atoms with Crippen LogP contribution in [0.4, 0.5) is 10.5 Å². The Balaban J connectivity index is 1.35. The molecular formula is C24H21N3O5. The van der Waals surface area contributed by atoms with Crippen LogP contribution in [0.2, 0.25) is 0 Å². The van der Waals surface area contributed by atoms with Crippen molar-refractivity contribution < 1.29 is 23.9 Å². The summed E-state index contributed by atoms with van der Waals surface area (Å²) in [6.07, 6.45) is 0.